The van der Waals surface area contributed by atoms with Crippen molar-refractivity contribution < 1.29 is 9.90 Å². The van der Waals surface area contributed by atoms with Crippen molar-refractivity contribution in [3.8, 4) is 11.8 Å². The van der Waals surface area contributed by atoms with E-state index in [-0.39, 0.29) is 12.5 Å². The van der Waals surface area contributed by atoms with Gasteiger partial charge < -0.3 is 15.3 Å². The summed E-state index contributed by atoms with van der Waals surface area (Å²) in [5, 5.41) is 11.8. The molecule has 1 atom stereocenters. The molecule has 0 spiro atoms. The molecule has 2 N–H and O–H groups in total. The molecular formula is C17H22N2O2. The second-order valence-electron chi connectivity index (χ2n) is 5.42. The van der Waals surface area contributed by atoms with Crippen molar-refractivity contribution in [2.45, 2.75) is 25.8 Å². The highest BCUT2D eigenvalue weighted by Gasteiger charge is 2.21. The number of likely N-dealkylation sites (tertiary alicyclic amines) is 1. The number of amides is 1. The molecule has 0 aromatic heterocycles. The molecule has 1 heterocycles. The number of rotatable bonds is 3. The number of nitrogens with one attached hydrogen (secondary N) is 1. The Morgan fingerprint density at radius 1 is 1.52 bits per heavy atom. The number of carbonyl (C=O) groups is 1. The van der Waals surface area contributed by atoms with E-state index in [2.05, 4.69) is 29.1 Å². The highest BCUT2D eigenvalue weighted by molar-refractivity contribution is 5.96. The molecule has 0 saturated carbocycles. The fraction of sp³-hybridized carbons (Fsp3) is 0.471. The number of aliphatic hydroxyl groups is 1. The van der Waals surface area contributed by atoms with Gasteiger partial charge in [-0.15, -0.1) is 0 Å². The van der Waals surface area contributed by atoms with Crippen LogP contribution in [-0.4, -0.2) is 48.7 Å². The van der Waals surface area contributed by atoms with E-state index >= 15 is 0 Å². The first-order valence-corrected chi connectivity index (χ1v) is 7.31. The molecule has 1 aliphatic heterocycles. The molecule has 1 amide bonds. The standard InChI is InChI=1S/C17H22N2O2/c1-13-14(7-5-11-20)6-3-9-16(13)17(21)18-12-15-8-4-10-19(15)2/h3,6,9,15,20H,4,8,10-12H2,1-2H3,(H,18,21). The number of hydrogen-bond acceptors (Lipinski definition) is 3. The lowest BCUT2D eigenvalue weighted by Crippen LogP contribution is -2.38. The molecule has 4 nitrogen and oxygen atoms in total. The maximum absolute atomic E-state index is 12.3. The lowest BCUT2D eigenvalue weighted by molar-refractivity contribution is 0.0943. The first-order valence-electron chi connectivity index (χ1n) is 7.31. The average Bonchev–Trinajstić information content (AvgIpc) is 2.89. The van der Waals surface area contributed by atoms with Crippen molar-refractivity contribution in [1.82, 2.24) is 10.2 Å². The zero-order chi connectivity index (χ0) is 15.2. The summed E-state index contributed by atoms with van der Waals surface area (Å²) in [5.74, 6) is 5.44. The Morgan fingerprint density at radius 3 is 3.00 bits per heavy atom. The second-order valence-corrected chi connectivity index (χ2v) is 5.42. The Morgan fingerprint density at radius 2 is 2.33 bits per heavy atom. The maximum atomic E-state index is 12.3. The number of aliphatic hydroxyl groups excluding tert-OH is 1. The SMILES string of the molecule is Cc1c(C#CCO)cccc1C(=O)NCC1CCCN1C. The van der Waals surface area contributed by atoms with Gasteiger partial charge in [0.1, 0.15) is 6.61 Å². The van der Waals surface area contributed by atoms with Gasteiger partial charge in [-0.2, -0.15) is 0 Å². The van der Waals surface area contributed by atoms with Gasteiger partial charge in [-0.1, -0.05) is 17.9 Å². The summed E-state index contributed by atoms with van der Waals surface area (Å²) in [6.45, 7) is 3.50. The molecule has 1 unspecified atom stereocenters. The fourth-order valence-electron chi connectivity index (χ4n) is 2.69. The van der Waals surface area contributed by atoms with Gasteiger partial charge in [0, 0.05) is 23.7 Å². The van der Waals surface area contributed by atoms with Crippen LogP contribution in [0.3, 0.4) is 0 Å². The van der Waals surface area contributed by atoms with Crippen LogP contribution in [0, 0.1) is 18.8 Å². The van der Waals surface area contributed by atoms with Gasteiger partial charge in [0.15, 0.2) is 0 Å². The van der Waals surface area contributed by atoms with Crippen molar-refractivity contribution in [2.24, 2.45) is 0 Å². The van der Waals surface area contributed by atoms with E-state index in [1.807, 2.05) is 25.1 Å². The zero-order valence-electron chi connectivity index (χ0n) is 12.6. The molecule has 4 heteroatoms. The smallest absolute Gasteiger partial charge is 0.251 e. The lowest BCUT2D eigenvalue weighted by atomic mass is 10.0. The summed E-state index contributed by atoms with van der Waals surface area (Å²) >= 11 is 0. The molecule has 1 aromatic rings. The second kappa shape index (κ2) is 7.26. The summed E-state index contributed by atoms with van der Waals surface area (Å²) in [4.78, 5) is 14.6. The highest BCUT2D eigenvalue weighted by atomic mass is 16.2. The highest BCUT2D eigenvalue weighted by Crippen LogP contribution is 2.15. The molecule has 1 saturated heterocycles. The minimum Gasteiger partial charge on any atom is -0.384 e. The van der Waals surface area contributed by atoms with Gasteiger partial charge in [0.25, 0.3) is 5.91 Å². The van der Waals surface area contributed by atoms with E-state index in [0.29, 0.717) is 18.2 Å². The normalized spacial score (nSPS) is 18.1. The Kier molecular flexibility index (Phi) is 5.38. The number of benzene rings is 1. The quantitative estimate of drug-likeness (QED) is 0.820. The Labute approximate surface area is 126 Å². The van der Waals surface area contributed by atoms with Crippen molar-refractivity contribution in [3.63, 3.8) is 0 Å². The number of nitrogens with zero attached hydrogens (tertiary/aromatic N) is 1. The average molecular weight is 286 g/mol. The first kappa shape index (κ1) is 15.6. The Hall–Kier alpha value is -1.83. The molecule has 1 aromatic carbocycles. The van der Waals surface area contributed by atoms with Crippen LogP contribution in [0.1, 0.15) is 34.3 Å². The van der Waals surface area contributed by atoms with Crippen LogP contribution >= 0.6 is 0 Å². The fourth-order valence-corrected chi connectivity index (χ4v) is 2.69. The molecular weight excluding hydrogens is 264 g/mol. The van der Waals surface area contributed by atoms with E-state index in [1.54, 1.807) is 0 Å². The molecule has 21 heavy (non-hydrogen) atoms. The predicted octanol–water partition coefficient (Wildman–Crippen LogP) is 1.16. The van der Waals surface area contributed by atoms with Gasteiger partial charge in [-0.25, -0.2) is 0 Å². The topological polar surface area (TPSA) is 52.6 Å². The van der Waals surface area contributed by atoms with Crippen LogP contribution < -0.4 is 5.32 Å². The Bertz CT molecular complexity index is 572. The summed E-state index contributed by atoms with van der Waals surface area (Å²) < 4.78 is 0. The van der Waals surface area contributed by atoms with E-state index < -0.39 is 0 Å². The summed E-state index contributed by atoms with van der Waals surface area (Å²) in [6.07, 6.45) is 2.33. The van der Waals surface area contributed by atoms with Crippen LogP contribution in [0.4, 0.5) is 0 Å². The minimum absolute atomic E-state index is 0.0551. The largest absolute Gasteiger partial charge is 0.384 e. The Balaban J connectivity index is 2.05. The van der Waals surface area contributed by atoms with Gasteiger partial charge in [0.05, 0.1) is 0 Å². The van der Waals surface area contributed by atoms with Crippen molar-refractivity contribution in [1.29, 1.82) is 0 Å². The van der Waals surface area contributed by atoms with Crippen LogP contribution in [0.2, 0.25) is 0 Å². The van der Waals surface area contributed by atoms with E-state index in [9.17, 15) is 4.79 Å². The number of carbonyl (C=O) groups excluding carboxylic acids is 1. The van der Waals surface area contributed by atoms with E-state index in [0.717, 1.165) is 24.1 Å². The van der Waals surface area contributed by atoms with Crippen LogP contribution in [0.5, 0.6) is 0 Å². The van der Waals surface area contributed by atoms with Gasteiger partial charge >= 0.3 is 0 Å². The van der Waals surface area contributed by atoms with Crippen LogP contribution in [0.25, 0.3) is 0 Å². The zero-order valence-corrected chi connectivity index (χ0v) is 12.6. The molecule has 1 fully saturated rings. The molecule has 2 rings (SSSR count). The molecule has 1 aliphatic rings. The van der Waals surface area contributed by atoms with Crippen molar-refractivity contribution >= 4 is 5.91 Å². The number of likely N-dealkylation sites (N-methyl/N-ethyl adjacent to an activating group) is 1. The maximum Gasteiger partial charge on any atom is 0.251 e. The summed E-state index contributed by atoms with van der Waals surface area (Å²) in [6, 6.07) is 5.93. The minimum atomic E-state index is -0.177. The molecule has 112 valence electrons. The molecule has 0 bridgehead atoms. The third-order valence-electron chi connectivity index (χ3n) is 4.05. The van der Waals surface area contributed by atoms with Crippen molar-refractivity contribution in [3.05, 3.63) is 34.9 Å². The van der Waals surface area contributed by atoms with Crippen LogP contribution in [0.15, 0.2) is 18.2 Å². The van der Waals surface area contributed by atoms with Gasteiger partial charge in [-0.3, -0.25) is 4.79 Å². The van der Waals surface area contributed by atoms with E-state index in [4.69, 9.17) is 5.11 Å². The monoisotopic (exact) mass is 286 g/mol. The molecule has 0 radical (unpaired) electrons. The van der Waals surface area contributed by atoms with Gasteiger partial charge in [-0.05, 0) is 51.1 Å². The van der Waals surface area contributed by atoms with E-state index in [1.165, 1.54) is 6.42 Å². The van der Waals surface area contributed by atoms with Crippen LogP contribution in [-0.2, 0) is 0 Å². The predicted molar refractivity (Wildman–Crippen MR) is 83.1 cm³/mol. The summed E-state index contributed by atoms with van der Waals surface area (Å²) in [5.41, 5.74) is 2.30. The third-order valence-corrected chi connectivity index (χ3v) is 4.05. The summed E-state index contributed by atoms with van der Waals surface area (Å²) in [7, 11) is 2.10. The molecule has 0 aliphatic carbocycles. The lowest BCUT2D eigenvalue weighted by Gasteiger charge is -2.20. The first-order chi connectivity index (χ1) is 10.1. The third kappa shape index (κ3) is 3.84. The number of hydrogen-bond donors (Lipinski definition) is 2. The van der Waals surface area contributed by atoms with Gasteiger partial charge in [0.2, 0.25) is 0 Å². The van der Waals surface area contributed by atoms with Crippen molar-refractivity contribution in [2.75, 3.05) is 26.7 Å².